The molecule has 2 atom stereocenters. The highest BCUT2D eigenvalue weighted by atomic mass is 19.1. The first-order valence-corrected chi connectivity index (χ1v) is 9.25. The predicted molar refractivity (Wildman–Crippen MR) is 100 cm³/mol. The second-order valence-corrected chi connectivity index (χ2v) is 6.99. The van der Waals surface area contributed by atoms with Crippen molar-refractivity contribution < 1.29 is 14.0 Å². The number of hydrogen-bond donors (Lipinski definition) is 1. The van der Waals surface area contributed by atoms with Crippen LogP contribution in [0.4, 0.5) is 4.39 Å². The average molecular weight is 369 g/mol. The molecule has 2 amide bonds. The Hall–Kier alpha value is -2.76. The Morgan fingerprint density at radius 3 is 2.63 bits per heavy atom. The van der Waals surface area contributed by atoms with E-state index in [1.807, 2.05) is 19.1 Å². The lowest BCUT2D eigenvalue weighted by molar-refractivity contribution is -0.135. The molecule has 0 saturated carbocycles. The Balaban J connectivity index is 1.55. The number of carbonyl (C=O) groups is 2. The Kier molecular flexibility index (Phi) is 6.16. The van der Waals surface area contributed by atoms with Gasteiger partial charge in [-0.25, -0.2) is 4.39 Å². The van der Waals surface area contributed by atoms with Gasteiger partial charge in [0.2, 0.25) is 11.8 Å². The monoisotopic (exact) mass is 369 g/mol. The summed E-state index contributed by atoms with van der Waals surface area (Å²) in [6, 6.07) is 9.61. The summed E-state index contributed by atoms with van der Waals surface area (Å²) >= 11 is 0. The number of benzene rings is 1. The van der Waals surface area contributed by atoms with E-state index in [2.05, 4.69) is 10.3 Å². The van der Waals surface area contributed by atoms with Gasteiger partial charge in [0.25, 0.3) is 0 Å². The van der Waals surface area contributed by atoms with Gasteiger partial charge in [-0.1, -0.05) is 12.1 Å². The number of carbonyl (C=O) groups excluding carboxylic acids is 2. The third-order valence-electron chi connectivity index (χ3n) is 4.98. The SMILES string of the molecule is C[C@@H](NC(=O)[C@H]1CCCN(C(=O)Cc2ccc(F)cc2)C1)c1ccncc1. The molecule has 0 unspecified atom stereocenters. The normalized spacial score (nSPS) is 18.0. The van der Waals surface area contributed by atoms with Crippen LogP contribution >= 0.6 is 0 Å². The molecule has 27 heavy (non-hydrogen) atoms. The molecule has 1 aromatic carbocycles. The van der Waals surface area contributed by atoms with Crippen LogP contribution < -0.4 is 5.32 Å². The first-order chi connectivity index (χ1) is 13.0. The summed E-state index contributed by atoms with van der Waals surface area (Å²) in [4.78, 5) is 30.9. The molecule has 1 fully saturated rings. The van der Waals surface area contributed by atoms with Crippen molar-refractivity contribution in [2.45, 2.75) is 32.2 Å². The average Bonchev–Trinajstić information content (AvgIpc) is 2.70. The fraction of sp³-hybridized carbons (Fsp3) is 0.381. The Bertz CT molecular complexity index is 780. The molecule has 3 rings (SSSR count). The van der Waals surface area contributed by atoms with Gasteiger partial charge < -0.3 is 10.2 Å². The van der Waals surface area contributed by atoms with Crippen LogP contribution in [0.3, 0.4) is 0 Å². The molecule has 1 N–H and O–H groups in total. The van der Waals surface area contributed by atoms with Gasteiger partial charge in [-0.15, -0.1) is 0 Å². The highest BCUT2D eigenvalue weighted by molar-refractivity contribution is 5.82. The minimum absolute atomic E-state index is 0.0266. The Morgan fingerprint density at radius 2 is 1.93 bits per heavy atom. The largest absolute Gasteiger partial charge is 0.349 e. The van der Waals surface area contributed by atoms with E-state index in [1.54, 1.807) is 29.4 Å². The molecule has 1 aromatic heterocycles. The molecule has 1 aliphatic heterocycles. The van der Waals surface area contributed by atoms with Crippen molar-refractivity contribution in [2.24, 2.45) is 5.92 Å². The summed E-state index contributed by atoms with van der Waals surface area (Å²) in [7, 11) is 0. The summed E-state index contributed by atoms with van der Waals surface area (Å²) in [6.07, 6.45) is 5.21. The number of hydrogen-bond acceptors (Lipinski definition) is 3. The molecule has 2 aromatic rings. The van der Waals surface area contributed by atoms with Crippen LogP contribution in [0.1, 0.15) is 36.9 Å². The Morgan fingerprint density at radius 1 is 1.22 bits per heavy atom. The van der Waals surface area contributed by atoms with Crippen LogP contribution in [-0.4, -0.2) is 34.8 Å². The van der Waals surface area contributed by atoms with E-state index in [4.69, 9.17) is 0 Å². The topological polar surface area (TPSA) is 62.3 Å². The quantitative estimate of drug-likeness (QED) is 0.882. The molecular weight excluding hydrogens is 345 g/mol. The van der Waals surface area contributed by atoms with Gasteiger partial charge in [0, 0.05) is 25.5 Å². The van der Waals surface area contributed by atoms with Crippen molar-refractivity contribution in [3.63, 3.8) is 0 Å². The maximum atomic E-state index is 13.0. The van der Waals surface area contributed by atoms with E-state index in [0.717, 1.165) is 24.0 Å². The molecular formula is C21H24FN3O2. The summed E-state index contributed by atoms with van der Waals surface area (Å²) in [6.45, 7) is 3.02. The fourth-order valence-electron chi connectivity index (χ4n) is 3.37. The number of piperidine rings is 1. The summed E-state index contributed by atoms with van der Waals surface area (Å²) in [5, 5.41) is 3.03. The van der Waals surface area contributed by atoms with Gasteiger partial charge in [-0.3, -0.25) is 14.6 Å². The third kappa shape index (κ3) is 5.12. The summed E-state index contributed by atoms with van der Waals surface area (Å²) in [5.41, 5.74) is 1.78. The highest BCUT2D eigenvalue weighted by Crippen LogP contribution is 2.20. The smallest absolute Gasteiger partial charge is 0.227 e. The van der Waals surface area contributed by atoms with Gasteiger partial charge >= 0.3 is 0 Å². The second kappa shape index (κ2) is 8.75. The van der Waals surface area contributed by atoms with E-state index in [9.17, 15) is 14.0 Å². The number of aromatic nitrogens is 1. The van der Waals surface area contributed by atoms with Crippen molar-refractivity contribution >= 4 is 11.8 Å². The number of nitrogens with zero attached hydrogens (tertiary/aromatic N) is 2. The maximum Gasteiger partial charge on any atom is 0.227 e. The van der Waals surface area contributed by atoms with E-state index in [-0.39, 0.29) is 36.0 Å². The maximum absolute atomic E-state index is 13.0. The van der Waals surface area contributed by atoms with Gasteiger partial charge in [0.1, 0.15) is 5.82 Å². The zero-order valence-electron chi connectivity index (χ0n) is 15.4. The van der Waals surface area contributed by atoms with Crippen LogP contribution in [0.15, 0.2) is 48.8 Å². The van der Waals surface area contributed by atoms with Crippen LogP contribution in [0.2, 0.25) is 0 Å². The zero-order valence-corrected chi connectivity index (χ0v) is 15.4. The zero-order chi connectivity index (χ0) is 19.2. The molecule has 0 aliphatic carbocycles. The van der Waals surface area contributed by atoms with Crippen LogP contribution in [0.5, 0.6) is 0 Å². The fourth-order valence-corrected chi connectivity index (χ4v) is 3.37. The lowest BCUT2D eigenvalue weighted by Gasteiger charge is -2.32. The molecule has 0 bridgehead atoms. The third-order valence-corrected chi connectivity index (χ3v) is 4.98. The van der Waals surface area contributed by atoms with Crippen LogP contribution in [-0.2, 0) is 16.0 Å². The van der Waals surface area contributed by atoms with E-state index in [0.29, 0.717) is 13.1 Å². The van der Waals surface area contributed by atoms with Crippen molar-refractivity contribution in [3.8, 4) is 0 Å². The Labute approximate surface area is 158 Å². The van der Waals surface area contributed by atoms with Crippen molar-refractivity contribution in [1.82, 2.24) is 15.2 Å². The van der Waals surface area contributed by atoms with Crippen molar-refractivity contribution in [1.29, 1.82) is 0 Å². The molecule has 2 heterocycles. The van der Waals surface area contributed by atoms with Gasteiger partial charge in [-0.2, -0.15) is 0 Å². The first-order valence-electron chi connectivity index (χ1n) is 9.25. The molecule has 1 aliphatic rings. The summed E-state index contributed by atoms with van der Waals surface area (Å²) in [5.74, 6) is -0.579. The van der Waals surface area contributed by atoms with E-state index >= 15 is 0 Å². The lowest BCUT2D eigenvalue weighted by Crippen LogP contribution is -2.46. The highest BCUT2D eigenvalue weighted by Gasteiger charge is 2.29. The van der Waals surface area contributed by atoms with Crippen LogP contribution in [0.25, 0.3) is 0 Å². The molecule has 142 valence electrons. The standard InChI is InChI=1S/C21H24FN3O2/c1-15(17-8-10-23-11-9-17)24-21(27)18-3-2-12-25(14-18)20(26)13-16-4-6-19(22)7-5-16/h4-11,15,18H,2-3,12-14H2,1H3,(H,24,27)/t15-,18+/m1/s1. The number of halogens is 1. The van der Waals surface area contributed by atoms with Crippen LogP contribution in [0, 0.1) is 11.7 Å². The first kappa shape index (κ1) is 19.0. The molecule has 5 nitrogen and oxygen atoms in total. The van der Waals surface area contributed by atoms with Gasteiger partial charge in [0.05, 0.1) is 18.4 Å². The van der Waals surface area contributed by atoms with Crippen molar-refractivity contribution in [3.05, 3.63) is 65.7 Å². The number of nitrogens with one attached hydrogen (secondary N) is 1. The number of amides is 2. The van der Waals surface area contributed by atoms with E-state index < -0.39 is 0 Å². The van der Waals surface area contributed by atoms with E-state index in [1.165, 1.54) is 12.1 Å². The minimum Gasteiger partial charge on any atom is -0.349 e. The summed E-state index contributed by atoms with van der Waals surface area (Å²) < 4.78 is 13.0. The molecule has 1 saturated heterocycles. The van der Waals surface area contributed by atoms with Gasteiger partial charge in [0.15, 0.2) is 0 Å². The number of pyridine rings is 1. The molecule has 0 spiro atoms. The lowest BCUT2D eigenvalue weighted by atomic mass is 9.95. The number of likely N-dealkylation sites (tertiary alicyclic amines) is 1. The molecule has 6 heteroatoms. The van der Waals surface area contributed by atoms with Gasteiger partial charge in [-0.05, 0) is 55.2 Å². The minimum atomic E-state index is -0.316. The second-order valence-electron chi connectivity index (χ2n) is 6.99. The predicted octanol–water partition coefficient (Wildman–Crippen LogP) is 2.88. The van der Waals surface area contributed by atoms with Crippen molar-refractivity contribution in [2.75, 3.05) is 13.1 Å². The number of rotatable bonds is 5. The molecule has 0 radical (unpaired) electrons.